The molecule has 0 bridgehead atoms. The number of carboxylic acid groups (broad SMARTS) is 1. The maximum atomic E-state index is 14.1. The summed E-state index contributed by atoms with van der Waals surface area (Å²) in [6.45, 7) is 13.3. The van der Waals surface area contributed by atoms with Crippen LogP contribution in [0, 0.1) is 11.7 Å². The summed E-state index contributed by atoms with van der Waals surface area (Å²) in [5.41, 5.74) is 6.86. The number of aliphatic hydroxyl groups is 4. The van der Waals surface area contributed by atoms with Crippen LogP contribution in [0.3, 0.4) is 0 Å². The molecular formula is C55H82FN9O18. The Kier molecular flexibility index (Phi) is 26.5. The van der Waals surface area contributed by atoms with E-state index >= 15 is 0 Å². The van der Waals surface area contributed by atoms with Crippen LogP contribution in [0.1, 0.15) is 89.2 Å². The second kappa shape index (κ2) is 32.6. The molecule has 2 aliphatic rings. The predicted octanol–water partition coefficient (Wildman–Crippen LogP) is -0.935. The number of carbonyl (C=O) groups is 7. The number of nitrogens with two attached hydrogens (primary N) is 1. The molecule has 10 N–H and O–H groups in total. The zero-order valence-electron chi connectivity index (χ0n) is 47.8. The minimum atomic E-state index is -2.22. The Hall–Kier alpha value is -6.34. The van der Waals surface area contributed by atoms with Crippen LogP contribution in [0.2, 0.25) is 0 Å². The molecule has 83 heavy (non-hydrogen) atoms. The van der Waals surface area contributed by atoms with Gasteiger partial charge in [-0.3, -0.25) is 33.6 Å². The molecular weight excluding hydrogens is 1090 g/mol. The van der Waals surface area contributed by atoms with Crippen LogP contribution in [0.25, 0.3) is 16.9 Å². The van der Waals surface area contributed by atoms with Crippen molar-refractivity contribution in [2.24, 2.45) is 11.7 Å². The second-order valence-corrected chi connectivity index (χ2v) is 21.9. The van der Waals surface area contributed by atoms with Crippen LogP contribution < -0.4 is 21.7 Å². The van der Waals surface area contributed by atoms with Gasteiger partial charge < -0.3 is 85.4 Å². The summed E-state index contributed by atoms with van der Waals surface area (Å²) in [4.78, 5) is 95.6. The number of rotatable bonds is 34. The summed E-state index contributed by atoms with van der Waals surface area (Å²) in [6, 6.07) is 6.17. The number of amides is 6. The summed E-state index contributed by atoms with van der Waals surface area (Å²) in [5, 5.41) is 62.8. The Morgan fingerprint density at radius 1 is 0.759 bits per heavy atom. The third kappa shape index (κ3) is 21.0. The van der Waals surface area contributed by atoms with Gasteiger partial charge in [0.05, 0.1) is 103 Å². The van der Waals surface area contributed by atoms with Crippen LogP contribution >= 0.6 is 0 Å². The van der Waals surface area contributed by atoms with E-state index in [-0.39, 0.29) is 107 Å². The molecule has 5 atom stereocenters. The van der Waals surface area contributed by atoms with Crippen molar-refractivity contribution < 1.29 is 91.9 Å². The Bertz CT molecular complexity index is 2610. The molecule has 1 aromatic carbocycles. The molecule has 0 radical (unpaired) electrons. The minimum Gasteiger partial charge on any atom is -0.481 e. The fraction of sp³-hybridized carbons (Fsp3) is 0.655. The van der Waals surface area contributed by atoms with Crippen molar-refractivity contribution >= 4 is 47.1 Å². The Labute approximate surface area is 480 Å². The van der Waals surface area contributed by atoms with E-state index in [0.717, 1.165) is 5.56 Å². The maximum absolute atomic E-state index is 14.1. The van der Waals surface area contributed by atoms with Gasteiger partial charge in [-0.25, -0.2) is 13.9 Å². The first-order chi connectivity index (χ1) is 39.4. The number of hydrogen-bond donors (Lipinski definition) is 9. The summed E-state index contributed by atoms with van der Waals surface area (Å²) >= 11 is 0. The average Bonchev–Trinajstić information content (AvgIpc) is 2.79. The van der Waals surface area contributed by atoms with Gasteiger partial charge in [0.15, 0.2) is 17.9 Å². The topological polar surface area (TPSA) is 375 Å². The van der Waals surface area contributed by atoms with E-state index < -0.39 is 78.1 Å². The monoisotopic (exact) mass is 1180 g/mol. The Balaban J connectivity index is 0.881. The lowest BCUT2D eigenvalue weighted by Crippen LogP contribution is -2.62. The van der Waals surface area contributed by atoms with Gasteiger partial charge in [-0.15, -0.1) is 0 Å². The Morgan fingerprint density at radius 2 is 1.29 bits per heavy atom. The number of carbonyl (C=O) groups excluding carboxylic acids is 6. The fourth-order valence-electron chi connectivity index (χ4n) is 9.35. The first-order valence-corrected chi connectivity index (χ1v) is 27.7. The first kappa shape index (κ1) is 67.5. The molecule has 27 nitrogen and oxygen atoms in total. The lowest BCUT2D eigenvalue weighted by molar-refractivity contribution is -0.156. The normalized spacial score (nSPS) is 18.2. The van der Waals surface area contributed by atoms with Crippen molar-refractivity contribution in [3.8, 4) is 11.3 Å². The molecule has 1 saturated carbocycles. The van der Waals surface area contributed by atoms with E-state index in [9.17, 15) is 58.4 Å². The molecule has 1 saturated heterocycles. The van der Waals surface area contributed by atoms with E-state index in [1.54, 1.807) is 32.6 Å². The van der Waals surface area contributed by atoms with E-state index in [0.29, 0.717) is 82.2 Å². The molecule has 0 unspecified atom stereocenters. The number of halogens is 1. The number of aliphatic carboxylic acids is 1. The standard InChI is InChI=1S/C55H82FN9O18/c1-54(2,3)38-30-39(34-6-10-36(56)11-7-34)62-65-32-41(61-49(38)65)53(77)64-17-16-63(33-55(64,4)5)52(76)35-8-12-37(13-9-35)59-51(75)47(72)45(70)44(69)46(71)50(74)58-15-19-79-21-23-81-25-27-83-29-28-82-26-24-80-22-20-78-18-14-42(66)60-40(48(57)73)31-43(67)68/h6-7,10-11,30,32,35,37,40,44-47,69-72H,8-9,12-29,31,33H2,1-5H3,(H2,57,73)(H,58,74)(H,59,75)(H,60,66)(H,67,68)/t35?,37?,40-,44+,45-,46-,47+/m0/s1. The number of primary amides is 1. The summed E-state index contributed by atoms with van der Waals surface area (Å²) in [7, 11) is 0. The van der Waals surface area contributed by atoms with Crippen molar-refractivity contribution in [3.63, 3.8) is 0 Å². The van der Waals surface area contributed by atoms with Crippen LogP contribution in [-0.2, 0) is 62.6 Å². The van der Waals surface area contributed by atoms with Gasteiger partial charge >= 0.3 is 5.97 Å². The van der Waals surface area contributed by atoms with Gasteiger partial charge in [-0.05, 0) is 75.3 Å². The number of imidazole rings is 1. The zero-order valence-corrected chi connectivity index (χ0v) is 47.8. The van der Waals surface area contributed by atoms with Gasteiger partial charge in [0.2, 0.25) is 17.7 Å². The molecule has 1 aliphatic heterocycles. The third-order valence-corrected chi connectivity index (χ3v) is 13.9. The molecule has 0 spiro atoms. The van der Waals surface area contributed by atoms with E-state index in [4.69, 9.17) is 49.3 Å². The quantitative estimate of drug-likeness (QED) is 0.0326. The number of carboxylic acids is 1. The fourth-order valence-corrected chi connectivity index (χ4v) is 9.35. The number of piperazine rings is 1. The lowest BCUT2D eigenvalue weighted by Gasteiger charge is -2.47. The molecule has 1 aliphatic carbocycles. The highest BCUT2D eigenvalue weighted by Crippen LogP contribution is 2.33. The largest absolute Gasteiger partial charge is 0.481 e. The average molecular weight is 1180 g/mol. The van der Waals surface area contributed by atoms with Crippen LogP contribution in [0.5, 0.6) is 0 Å². The highest BCUT2D eigenvalue weighted by Gasteiger charge is 2.43. The summed E-state index contributed by atoms with van der Waals surface area (Å²) < 4.78 is 47.6. The summed E-state index contributed by atoms with van der Waals surface area (Å²) in [6.07, 6.45) is -6.34. The van der Waals surface area contributed by atoms with E-state index in [2.05, 4.69) is 16.0 Å². The molecule has 3 heterocycles. The van der Waals surface area contributed by atoms with Gasteiger partial charge in [0.25, 0.3) is 17.7 Å². The molecule has 462 valence electrons. The van der Waals surface area contributed by atoms with Crippen LogP contribution in [-0.4, -0.2) is 239 Å². The number of fused-ring (bicyclic) bond motifs is 1. The van der Waals surface area contributed by atoms with Crippen molar-refractivity contribution in [1.82, 2.24) is 40.3 Å². The molecule has 6 amide bonds. The highest BCUT2D eigenvalue weighted by atomic mass is 19.1. The van der Waals surface area contributed by atoms with Crippen LogP contribution in [0.4, 0.5) is 4.39 Å². The Morgan fingerprint density at radius 3 is 1.81 bits per heavy atom. The molecule has 28 heteroatoms. The van der Waals surface area contributed by atoms with E-state index in [1.165, 1.54) is 12.1 Å². The first-order valence-electron chi connectivity index (χ1n) is 27.7. The minimum absolute atomic E-state index is 0.0157. The molecule has 3 aromatic rings. The second-order valence-electron chi connectivity index (χ2n) is 21.9. The SMILES string of the molecule is CC(C)(C)c1cc(-c2ccc(F)cc2)nn2cc(C(=O)N3CCN(C(=O)C4CCC(NC(=O)[C@H](O)[C@@H](O)[C@@H](O)[C@H](O)C(=O)NCCOCCOCCOCCOCCOCCOCCC(=O)N[C@@H](CC(=O)O)C(N)=O)CC4)CC3(C)C)nc12. The number of ether oxygens (including phenoxy) is 6. The van der Waals surface area contributed by atoms with Gasteiger partial charge in [0.1, 0.15) is 29.8 Å². The number of nitrogens with zero attached hydrogens (tertiary/aromatic N) is 5. The van der Waals surface area contributed by atoms with Crippen LogP contribution in [0.15, 0.2) is 36.5 Å². The van der Waals surface area contributed by atoms with Gasteiger partial charge in [0, 0.05) is 55.7 Å². The van der Waals surface area contributed by atoms with Crippen molar-refractivity contribution in [3.05, 3.63) is 53.6 Å². The molecule has 2 aromatic heterocycles. The molecule has 5 rings (SSSR count). The number of aliphatic hydroxyl groups excluding tert-OH is 4. The highest BCUT2D eigenvalue weighted by molar-refractivity contribution is 5.94. The zero-order chi connectivity index (χ0) is 60.9. The third-order valence-electron chi connectivity index (χ3n) is 13.9. The smallest absolute Gasteiger partial charge is 0.305 e. The van der Waals surface area contributed by atoms with Crippen molar-refractivity contribution in [1.29, 1.82) is 0 Å². The number of aromatic nitrogens is 3. The van der Waals surface area contributed by atoms with Crippen molar-refractivity contribution in [2.75, 3.05) is 105 Å². The number of hydrogen-bond acceptors (Lipinski definition) is 19. The van der Waals surface area contributed by atoms with E-state index in [1.807, 2.05) is 40.7 Å². The van der Waals surface area contributed by atoms with Gasteiger partial charge in [-0.2, -0.15) is 5.10 Å². The number of nitrogens with one attached hydrogen (secondary N) is 3. The van der Waals surface area contributed by atoms with Crippen molar-refractivity contribution in [2.45, 2.75) is 121 Å². The van der Waals surface area contributed by atoms with Gasteiger partial charge in [-0.1, -0.05) is 20.8 Å². The maximum Gasteiger partial charge on any atom is 0.305 e. The number of benzene rings is 1. The lowest BCUT2D eigenvalue weighted by atomic mass is 9.84. The predicted molar refractivity (Wildman–Crippen MR) is 293 cm³/mol. The summed E-state index contributed by atoms with van der Waals surface area (Å²) in [5.74, 6) is -5.99. The molecule has 2 fully saturated rings.